The molecule has 1 atom stereocenters. The summed E-state index contributed by atoms with van der Waals surface area (Å²) in [6, 6.07) is 6.25. The number of hydrogen-bond acceptors (Lipinski definition) is 5. The highest BCUT2D eigenvalue weighted by atomic mass is 32.2. The Morgan fingerprint density at radius 1 is 1.36 bits per heavy atom. The molecule has 2 aliphatic heterocycles. The number of carbonyl (C=O) groups excluding carboxylic acids is 1. The van der Waals surface area contributed by atoms with Gasteiger partial charge < -0.3 is 19.7 Å². The van der Waals surface area contributed by atoms with Gasteiger partial charge in [-0.2, -0.15) is 0 Å². The Labute approximate surface area is 135 Å². The lowest BCUT2D eigenvalue weighted by Crippen LogP contribution is -2.52. The topological polar surface area (TPSA) is 50.8 Å². The lowest BCUT2D eigenvalue weighted by molar-refractivity contribution is -0.133. The number of benzene rings is 1. The minimum Gasteiger partial charge on any atom is -0.486 e. The Bertz CT molecular complexity index is 538. The maximum atomic E-state index is 12.3. The van der Waals surface area contributed by atoms with Crippen LogP contribution in [-0.4, -0.2) is 55.4 Å². The maximum Gasteiger partial charge on any atom is 0.223 e. The number of piperazine rings is 1. The van der Waals surface area contributed by atoms with E-state index >= 15 is 0 Å². The molecule has 6 heteroatoms. The smallest absolute Gasteiger partial charge is 0.223 e. The summed E-state index contributed by atoms with van der Waals surface area (Å²) in [7, 11) is 0. The van der Waals surface area contributed by atoms with Gasteiger partial charge in [-0.15, -0.1) is 11.8 Å². The molecular formula is C16H22N2O3S. The molecule has 5 nitrogen and oxygen atoms in total. The highest BCUT2D eigenvalue weighted by Crippen LogP contribution is 2.34. The second kappa shape index (κ2) is 7.24. The van der Waals surface area contributed by atoms with Crippen molar-refractivity contribution in [2.24, 2.45) is 0 Å². The predicted molar refractivity (Wildman–Crippen MR) is 86.8 cm³/mol. The van der Waals surface area contributed by atoms with Crippen molar-refractivity contribution < 1.29 is 14.3 Å². The molecule has 0 spiro atoms. The summed E-state index contributed by atoms with van der Waals surface area (Å²) in [5.41, 5.74) is 0. The first-order chi connectivity index (χ1) is 10.7. The van der Waals surface area contributed by atoms with E-state index in [1.54, 1.807) is 11.8 Å². The molecule has 0 radical (unpaired) electrons. The van der Waals surface area contributed by atoms with E-state index in [0.29, 0.717) is 25.7 Å². The highest BCUT2D eigenvalue weighted by Gasteiger charge is 2.22. The molecule has 1 fully saturated rings. The third kappa shape index (κ3) is 3.67. The zero-order valence-corrected chi connectivity index (χ0v) is 13.7. The Morgan fingerprint density at radius 3 is 3.00 bits per heavy atom. The summed E-state index contributed by atoms with van der Waals surface area (Å²) >= 11 is 1.69. The Kier molecular flexibility index (Phi) is 5.10. The molecule has 0 saturated carbocycles. The van der Waals surface area contributed by atoms with Crippen LogP contribution in [0.15, 0.2) is 23.1 Å². The summed E-state index contributed by atoms with van der Waals surface area (Å²) < 4.78 is 11.1. The summed E-state index contributed by atoms with van der Waals surface area (Å²) in [6.45, 7) is 5.90. The number of hydrogen-bond donors (Lipinski definition) is 1. The zero-order chi connectivity index (χ0) is 15.4. The van der Waals surface area contributed by atoms with Crippen LogP contribution in [0, 0.1) is 0 Å². The summed E-state index contributed by atoms with van der Waals surface area (Å²) in [6.07, 6.45) is 0.573. The molecule has 0 bridgehead atoms. The fraction of sp³-hybridized carbons (Fsp3) is 0.562. The van der Waals surface area contributed by atoms with Gasteiger partial charge >= 0.3 is 0 Å². The number of carbonyl (C=O) groups is 1. The van der Waals surface area contributed by atoms with E-state index in [9.17, 15) is 4.79 Å². The van der Waals surface area contributed by atoms with Crippen molar-refractivity contribution in [1.82, 2.24) is 10.2 Å². The second-order valence-electron chi connectivity index (χ2n) is 5.54. The van der Waals surface area contributed by atoms with Crippen molar-refractivity contribution in [1.29, 1.82) is 0 Å². The van der Waals surface area contributed by atoms with Gasteiger partial charge in [-0.05, 0) is 25.1 Å². The SMILES string of the molecule is CC1CNCCN1C(=O)CCSc1ccc2c(c1)OCCO2. The number of amides is 1. The van der Waals surface area contributed by atoms with Gasteiger partial charge in [0.1, 0.15) is 13.2 Å². The molecular weight excluding hydrogens is 300 g/mol. The largest absolute Gasteiger partial charge is 0.486 e. The molecule has 1 saturated heterocycles. The van der Waals surface area contributed by atoms with Gasteiger partial charge in [0.05, 0.1) is 0 Å². The van der Waals surface area contributed by atoms with Gasteiger partial charge in [0, 0.05) is 42.7 Å². The average molecular weight is 322 g/mol. The van der Waals surface area contributed by atoms with E-state index in [2.05, 4.69) is 12.2 Å². The third-order valence-electron chi connectivity index (χ3n) is 3.92. The normalized spacial score (nSPS) is 20.8. The monoisotopic (exact) mass is 322 g/mol. The number of thioether (sulfide) groups is 1. The van der Waals surface area contributed by atoms with E-state index in [-0.39, 0.29) is 5.91 Å². The Hall–Kier alpha value is -1.40. The first kappa shape index (κ1) is 15.5. The van der Waals surface area contributed by atoms with Crippen LogP contribution >= 0.6 is 11.8 Å². The van der Waals surface area contributed by atoms with Crippen LogP contribution < -0.4 is 14.8 Å². The number of rotatable bonds is 4. The Morgan fingerprint density at radius 2 is 2.18 bits per heavy atom. The molecule has 2 heterocycles. The molecule has 3 rings (SSSR count). The summed E-state index contributed by atoms with van der Waals surface area (Å²) in [5, 5.41) is 3.31. The molecule has 0 aromatic heterocycles. The quantitative estimate of drug-likeness (QED) is 0.856. The van der Waals surface area contributed by atoms with Gasteiger partial charge in [0.15, 0.2) is 11.5 Å². The molecule has 1 amide bonds. The molecule has 0 aliphatic carbocycles. The van der Waals surface area contributed by atoms with Crippen LogP contribution in [0.2, 0.25) is 0 Å². The molecule has 1 unspecified atom stereocenters. The molecule has 1 aromatic carbocycles. The van der Waals surface area contributed by atoms with Crippen LogP contribution in [0.25, 0.3) is 0 Å². The lowest BCUT2D eigenvalue weighted by atomic mass is 10.2. The van der Waals surface area contributed by atoms with Crippen LogP contribution in [0.4, 0.5) is 0 Å². The van der Waals surface area contributed by atoms with Gasteiger partial charge in [-0.25, -0.2) is 0 Å². The van der Waals surface area contributed by atoms with Crippen molar-refractivity contribution in [2.45, 2.75) is 24.3 Å². The molecule has 1 aromatic rings. The average Bonchev–Trinajstić information content (AvgIpc) is 2.55. The van der Waals surface area contributed by atoms with E-state index in [0.717, 1.165) is 41.8 Å². The lowest BCUT2D eigenvalue weighted by Gasteiger charge is -2.34. The standard InChI is InChI=1S/C16H22N2O3S/c1-12-11-17-5-6-18(12)16(19)4-9-22-13-2-3-14-15(10-13)21-8-7-20-14/h2-3,10,12,17H,4-9,11H2,1H3. The first-order valence-corrected chi connectivity index (χ1v) is 8.75. The van der Waals surface area contributed by atoms with Crippen LogP contribution in [0.5, 0.6) is 11.5 Å². The van der Waals surface area contributed by atoms with Crippen molar-refractivity contribution in [3.8, 4) is 11.5 Å². The number of ether oxygens (including phenoxy) is 2. The van der Waals surface area contributed by atoms with Gasteiger partial charge in [0.2, 0.25) is 5.91 Å². The molecule has 120 valence electrons. The minimum atomic E-state index is 0.249. The molecule has 2 aliphatic rings. The van der Waals surface area contributed by atoms with Crippen molar-refractivity contribution in [2.75, 3.05) is 38.6 Å². The van der Waals surface area contributed by atoms with Crippen LogP contribution in [0.3, 0.4) is 0 Å². The van der Waals surface area contributed by atoms with Gasteiger partial charge in [-0.1, -0.05) is 0 Å². The highest BCUT2D eigenvalue weighted by molar-refractivity contribution is 7.99. The second-order valence-corrected chi connectivity index (χ2v) is 6.71. The first-order valence-electron chi connectivity index (χ1n) is 7.76. The van der Waals surface area contributed by atoms with E-state index in [1.807, 2.05) is 23.1 Å². The summed E-state index contributed by atoms with van der Waals surface area (Å²) in [4.78, 5) is 15.4. The predicted octanol–water partition coefficient (Wildman–Crippen LogP) is 1.76. The van der Waals surface area contributed by atoms with E-state index in [1.165, 1.54) is 0 Å². The van der Waals surface area contributed by atoms with Gasteiger partial charge in [-0.3, -0.25) is 4.79 Å². The zero-order valence-electron chi connectivity index (χ0n) is 12.8. The minimum absolute atomic E-state index is 0.249. The fourth-order valence-electron chi connectivity index (χ4n) is 2.72. The number of nitrogens with one attached hydrogen (secondary N) is 1. The number of fused-ring (bicyclic) bond motifs is 1. The van der Waals surface area contributed by atoms with Crippen molar-refractivity contribution in [3.05, 3.63) is 18.2 Å². The van der Waals surface area contributed by atoms with Crippen LogP contribution in [0.1, 0.15) is 13.3 Å². The van der Waals surface area contributed by atoms with Crippen molar-refractivity contribution in [3.63, 3.8) is 0 Å². The van der Waals surface area contributed by atoms with Crippen molar-refractivity contribution >= 4 is 17.7 Å². The fourth-order valence-corrected chi connectivity index (χ4v) is 3.59. The van der Waals surface area contributed by atoms with E-state index < -0.39 is 0 Å². The molecule has 1 N–H and O–H groups in total. The van der Waals surface area contributed by atoms with E-state index in [4.69, 9.17) is 9.47 Å². The van der Waals surface area contributed by atoms with Gasteiger partial charge in [0.25, 0.3) is 0 Å². The van der Waals surface area contributed by atoms with Crippen LogP contribution in [-0.2, 0) is 4.79 Å². The summed E-state index contributed by atoms with van der Waals surface area (Å²) in [5.74, 6) is 2.65. The molecule has 22 heavy (non-hydrogen) atoms. The third-order valence-corrected chi connectivity index (χ3v) is 4.92. The Balaban J connectivity index is 1.49. The number of nitrogens with zero attached hydrogens (tertiary/aromatic N) is 1. The maximum absolute atomic E-state index is 12.3.